The summed E-state index contributed by atoms with van der Waals surface area (Å²) >= 11 is 0. The Balaban J connectivity index is -0.0000000829. The number of hydrogen-bond donors (Lipinski definition) is 10. The van der Waals surface area contributed by atoms with Crippen LogP contribution in [0, 0.1) is 0 Å². The molecule has 0 amide bonds. The highest BCUT2D eigenvalue weighted by atomic mass is 16.4. The highest BCUT2D eigenvalue weighted by molar-refractivity contribution is 5.72. The maximum absolute atomic E-state index is 9.45. The van der Waals surface area contributed by atoms with E-state index in [1.165, 1.54) is 34.6 Å². The molecule has 0 aromatic carbocycles. The summed E-state index contributed by atoms with van der Waals surface area (Å²) in [6, 6.07) is 0. The number of carboxylic acid groups (broad SMARTS) is 4. The number of aliphatic hydroxyl groups is 6. The van der Waals surface area contributed by atoms with Crippen molar-refractivity contribution >= 4 is 23.9 Å². The van der Waals surface area contributed by atoms with Gasteiger partial charge in [-0.3, -0.25) is 0 Å². The van der Waals surface area contributed by atoms with E-state index >= 15 is 0 Å². The van der Waals surface area contributed by atoms with Gasteiger partial charge in [-0.1, -0.05) is 0 Å². The zero-order chi connectivity index (χ0) is 24.9. The molecule has 0 aliphatic carbocycles. The second-order valence-electron chi connectivity index (χ2n) is 5.09. The topological polar surface area (TPSA) is 271 Å². The summed E-state index contributed by atoms with van der Waals surface area (Å²) in [5, 5.41) is 79.1. The molecule has 0 aliphatic heterocycles. The van der Waals surface area contributed by atoms with Crippen molar-refractivity contribution in [1.29, 1.82) is 0 Å². The van der Waals surface area contributed by atoms with Gasteiger partial charge in [0.05, 0.1) is 12.7 Å². The Morgan fingerprint density at radius 3 is 0.586 bits per heavy atom. The molecule has 176 valence electrons. The van der Waals surface area contributed by atoms with Crippen molar-refractivity contribution in [1.82, 2.24) is 0 Å². The average molecular weight is 436 g/mol. The van der Waals surface area contributed by atoms with Gasteiger partial charge in [0.1, 0.15) is 24.4 Å². The molecule has 0 rings (SSSR count). The molecule has 0 spiro atoms. The van der Waals surface area contributed by atoms with Crippen LogP contribution in [0.2, 0.25) is 0 Å². The van der Waals surface area contributed by atoms with Gasteiger partial charge in [0.25, 0.3) is 0 Å². The molecule has 0 aromatic rings. The predicted octanol–water partition coefficient (Wildman–Crippen LogP) is -2.83. The van der Waals surface area contributed by atoms with E-state index in [4.69, 9.17) is 51.1 Å². The molecule has 5 atom stereocenters. The highest BCUT2D eigenvalue weighted by Gasteiger charge is 2.02. The Morgan fingerprint density at radius 1 is 0.517 bits per heavy atom. The van der Waals surface area contributed by atoms with Crippen molar-refractivity contribution in [3.8, 4) is 0 Å². The summed E-state index contributed by atoms with van der Waals surface area (Å²) in [5.74, 6) is -4.74. The zero-order valence-corrected chi connectivity index (χ0v) is 16.7. The molecule has 29 heavy (non-hydrogen) atoms. The van der Waals surface area contributed by atoms with E-state index in [-0.39, 0.29) is 6.61 Å². The number of rotatable bonds is 5. The predicted molar refractivity (Wildman–Crippen MR) is 96.0 cm³/mol. The molecule has 0 fully saturated rings. The lowest BCUT2D eigenvalue weighted by Crippen LogP contribution is -2.13. The summed E-state index contributed by atoms with van der Waals surface area (Å²) < 4.78 is 0. The Kier molecular flexibility index (Phi) is 30.5. The standard InChI is InChI=1S/4C3H6O3.C3H8O2/c4*1-2(4)3(5)6;1-3(5)2-4/h4*2,4H,1H3,(H,5,6);3-5H,2H2,1H3. The van der Waals surface area contributed by atoms with Gasteiger partial charge in [0.2, 0.25) is 0 Å². The summed E-state index contributed by atoms with van der Waals surface area (Å²) in [6.07, 6.45) is -5.49. The minimum Gasteiger partial charge on any atom is -0.479 e. The quantitative estimate of drug-likeness (QED) is 0.208. The molecule has 0 bridgehead atoms. The SMILES string of the molecule is CC(O)C(=O)O.CC(O)C(=O)O.CC(O)C(=O)O.CC(O)C(=O)O.CC(O)CO. The van der Waals surface area contributed by atoms with E-state index in [0.717, 1.165) is 0 Å². The third-order valence-electron chi connectivity index (χ3n) is 1.69. The number of carbonyl (C=O) groups is 4. The van der Waals surface area contributed by atoms with Crippen molar-refractivity contribution < 1.29 is 70.2 Å². The van der Waals surface area contributed by atoms with Gasteiger partial charge >= 0.3 is 23.9 Å². The van der Waals surface area contributed by atoms with Crippen LogP contribution in [0.15, 0.2) is 0 Å². The minimum atomic E-state index is -1.23. The Bertz CT molecular complexity index is 357. The fourth-order valence-electron chi connectivity index (χ4n) is 0. The van der Waals surface area contributed by atoms with Crippen LogP contribution in [0.3, 0.4) is 0 Å². The van der Waals surface area contributed by atoms with Gasteiger partial charge in [0.15, 0.2) is 0 Å². The van der Waals surface area contributed by atoms with Crippen LogP contribution in [0.4, 0.5) is 0 Å². The second kappa shape index (κ2) is 23.7. The molecule has 0 radical (unpaired) electrons. The first-order chi connectivity index (χ1) is 12.8. The number of aliphatic hydroxyl groups excluding tert-OH is 6. The van der Waals surface area contributed by atoms with E-state index in [0.29, 0.717) is 0 Å². The van der Waals surface area contributed by atoms with Crippen LogP contribution in [-0.4, -0.2) is 112 Å². The molecule has 10 N–H and O–H groups in total. The maximum Gasteiger partial charge on any atom is 0.332 e. The van der Waals surface area contributed by atoms with Crippen molar-refractivity contribution in [3.63, 3.8) is 0 Å². The van der Waals surface area contributed by atoms with Crippen LogP contribution in [0.5, 0.6) is 0 Å². The summed E-state index contributed by atoms with van der Waals surface area (Å²) in [4.78, 5) is 37.8. The van der Waals surface area contributed by atoms with E-state index < -0.39 is 54.4 Å². The van der Waals surface area contributed by atoms with Gasteiger partial charge in [0, 0.05) is 0 Å². The molecular formula is C15H32O14. The van der Waals surface area contributed by atoms with E-state index in [9.17, 15) is 19.2 Å². The Hall–Kier alpha value is -2.36. The monoisotopic (exact) mass is 436 g/mol. The van der Waals surface area contributed by atoms with Gasteiger partial charge in [-0.25, -0.2) is 19.2 Å². The van der Waals surface area contributed by atoms with Crippen molar-refractivity contribution in [3.05, 3.63) is 0 Å². The molecule has 0 aliphatic rings. The molecule has 0 saturated heterocycles. The molecular weight excluding hydrogens is 404 g/mol. The number of hydrogen-bond acceptors (Lipinski definition) is 10. The third kappa shape index (κ3) is 58.6. The van der Waals surface area contributed by atoms with Crippen LogP contribution >= 0.6 is 0 Å². The third-order valence-corrected chi connectivity index (χ3v) is 1.69. The van der Waals surface area contributed by atoms with E-state index in [2.05, 4.69) is 0 Å². The van der Waals surface area contributed by atoms with Crippen LogP contribution in [0.1, 0.15) is 34.6 Å². The number of carboxylic acids is 4. The zero-order valence-electron chi connectivity index (χ0n) is 16.7. The largest absolute Gasteiger partial charge is 0.479 e. The van der Waals surface area contributed by atoms with Crippen molar-refractivity contribution in [2.75, 3.05) is 6.61 Å². The molecule has 0 saturated carbocycles. The molecule has 0 heterocycles. The fourth-order valence-corrected chi connectivity index (χ4v) is 0. The van der Waals surface area contributed by atoms with Crippen LogP contribution in [-0.2, 0) is 19.2 Å². The van der Waals surface area contributed by atoms with Gasteiger partial charge in [-0.2, -0.15) is 0 Å². The lowest BCUT2D eigenvalue weighted by molar-refractivity contribution is -0.146. The normalized spacial score (nSPS) is 13.9. The van der Waals surface area contributed by atoms with Crippen LogP contribution < -0.4 is 0 Å². The lowest BCUT2D eigenvalue weighted by atomic mass is 10.4. The van der Waals surface area contributed by atoms with Gasteiger partial charge in [-0.15, -0.1) is 0 Å². The van der Waals surface area contributed by atoms with Gasteiger partial charge in [-0.05, 0) is 34.6 Å². The van der Waals surface area contributed by atoms with E-state index in [1.807, 2.05) is 0 Å². The van der Waals surface area contributed by atoms with Crippen molar-refractivity contribution in [2.24, 2.45) is 0 Å². The lowest BCUT2D eigenvalue weighted by Gasteiger charge is -1.90. The first kappa shape index (κ1) is 37.4. The minimum absolute atomic E-state index is 0.139. The molecule has 0 aromatic heterocycles. The number of aliphatic carboxylic acids is 4. The Labute approximate surface area is 166 Å². The maximum atomic E-state index is 9.45. The summed E-state index contributed by atoms with van der Waals surface area (Å²) in [7, 11) is 0. The van der Waals surface area contributed by atoms with Crippen LogP contribution in [0.25, 0.3) is 0 Å². The smallest absolute Gasteiger partial charge is 0.332 e. The van der Waals surface area contributed by atoms with Gasteiger partial charge < -0.3 is 51.1 Å². The summed E-state index contributed by atoms with van der Waals surface area (Å²) in [6.45, 7) is 6.18. The highest BCUT2D eigenvalue weighted by Crippen LogP contribution is 1.75. The molecule has 14 heteroatoms. The molecule has 5 unspecified atom stereocenters. The fraction of sp³-hybridized carbons (Fsp3) is 0.733. The summed E-state index contributed by atoms with van der Waals surface area (Å²) in [5.41, 5.74) is 0. The molecule has 14 nitrogen and oxygen atoms in total. The van der Waals surface area contributed by atoms with E-state index in [1.54, 1.807) is 0 Å². The second-order valence-corrected chi connectivity index (χ2v) is 5.09. The van der Waals surface area contributed by atoms with Crippen molar-refractivity contribution in [2.45, 2.75) is 65.1 Å². The first-order valence-corrected chi connectivity index (χ1v) is 7.77. The average Bonchev–Trinajstić information content (AvgIpc) is 2.56. The Morgan fingerprint density at radius 2 is 0.586 bits per heavy atom. The first-order valence-electron chi connectivity index (χ1n) is 7.77.